The lowest BCUT2D eigenvalue weighted by Gasteiger charge is -1.98. The molecule has 1 amide bonds. The van der Waals surface area contributed by atoms with Crippen LogP contribution in [0.4, 0.5) is 0 Å². The maximum atomic E-state index is 10.4. The molecule has 13 heavy (non-hydrogen) atoms. The van der Waals surface area contributed by atoms with E-state index in [-0.39, 0.29) is 5.91 Å². The smallest absolute Gasteiger partial charge is 0.218 e. The summed E-state index contributed by atoms with van der Waals surface area (Å²) in [7, 11) is 0. The van der Waals surface area contributed by atoms with Gasteiger partial charge < -0.3 is 15.5 Å². The number of aromatic nitrogens is 1. The van der Waals surface area contributed by atoms with E-state index in [4.69, 9.17) is 10.2 Å². The van der Waals surface area contributed by atoms with Gasteiger partial charge in [-0.15, -0.1) is 0 Å². The van der Waals surface area contributed by atoms with Gasteiger partial charge in [-0.05, 0) is 6.92 Å². The van der Waals surface area contributed by atoms with Gasteiger partial charge in [0, 0.05) is 13.0 Å². The fourth-order valence-corrected chi connectivity index (χ4v) is 0.890. The first kappa shape index (κ1) is 9.73. The van der Waals surface area contributed by atoms with Gasteiger partial charge in [0.2, 0.25) is 11.8 Å². The third-order valence-corrected chi connectivity index (χ3v) is 1.49. The van der Waals surface area contributed by atoms with Crippen molar-refractivity contribution in [3.05, 3.63) is 17.8 Å². The van der Waals surface area contributed by atoms with Crippen LogP contribution in [0.25, 0.3) is 0 Å². The number of nitrogens with one attached hydrogen (secondary N) is 1. The monoisotopic (exact) mass is 183 g/mol. The number of amides is 1. The highest BCUT2D eigenvalue weighted by Gasteiger charge is 1.99. The van der Waals surface area contributed by atoms with Crippen molar-refractivity contribution >= 4 is 5.91 Å². The van der Waals surface area contributed by atoms with Gasteiger partial charge in [0.25, 0.3) is 0 Å². The van der Waals surface area contributed by atoms with Crippen molar-refractivity contribution in [3.8, 4) is 0 Å². The third-order valence-electron chi connectivity index (χ3n) is 1.49. The summed E-state index contributed by atoms with van der Waals surface area (Å²) < 4.78 is 5.20. The van der Waals surface area contributed by atoms with E-state index in [1.807, 2.05) is 6.92 Å². The first-order chi connectivity index (χ1) is 6.18. The van der Waals surface area contributed by atoms with Crippen molar-refractivity contribution in [1.82, 2.24) is 10.3 Å². The molecule has 3 N–H and O–H groups in total. The molecule has 0 bridgehead atoms. The zero-order chi connectivity index (χ0) is 9.68. The Bertz CT molecular complexity index is 283. The maximum Gasteiger partial charge on any atom is 0.218 e. The second kappa shape index (κ2) is 4.61. The van der Waals surface area contributed by atoms with Gasteiger partial charge in [0.1, 0.15) is 5.76 Å². The van der Waals surface area contributed by atoms with E-state index in [0.29, 0.717) is 25.4 Å². The van der Waals surface area contributed by atoms with Crippen molar-refractivity contribution in [3.63, 3.8) is 0 Å². The van der Waals surface area contributed by atoms with Crippen LogP contribution in [0, 0.1) is 6.92 Å². The quantitative estimate of drug-likeness (QED) is 0.627. The molecule has 0 spiro atoms. The summed E-state index contributed by atoms with van der Waals surface area (Å²) in [5, 5.41) is 2.99. The molecule has 0 saturated heterocycles. The second-order valence-electron chi connectivity index (χ2n) is 2.76. The molecular weight excluding hydrogens is 170 g/mol. The van der Waals surface area contributed by atoms with Crippen molar-refractivity contribution < 1.29 is 9.21 Å². The SMILES string of the molecule is Cc1cnc(CNCCC(N)=O)o1. The predicted octanol–water partition coefficient (Wildman–Crippen LogP) is -0.0520. The molecule has 0 saturated carbocycles. The number of oxazole rings is 1. The lowest BCUT2D eigenvalue weighted by atomic mass is 10.4. The Labute approximate surface area is 76.3 Å². The maximum absolute atomic E-state index is 10.4. The fourth-order valence-electron chi connectivity index (χ4n) is 0.890. The molecule has 0 aromatic carbocycles. The number of carbonyl (C=O) groups excluding carboxylic acids is 1. The summed E-state index contributed by atoms with van der Waals surface area (Å²) in [5.74, 6) is 1.10. The van der Waals surface area contributed by atoms with Gasteiger partial charge in [-0.2, -0.15) is 0 Å². The van der Waals surface area contributed by atoms with E-state index in [9.17, 15) is 4.79 Å². The largest absolute Gasteiger partial charge is 0.445 e. The third kappa shape index (κ3) is 3.71. The standard InChI is InChI=1S/C8H13N3O2/c1-6-4-11-8(13-6)5-10-3-2-7(9)12/h4,10H,2-3,5H2,1H3,(H2,9,12). The van der Waals surface area contributed by atoms with Crippen LogP contribution >= 0.6 is 0 Å². The predicted molar refractivity (Wildman–Crippen MR) is 46.8 cm³/mol. The number of hydrogen-bond acceptors (Lipinski definition) is 4. The average molecular weight is 183 g/mol. The number of nitrogens with zero attached hydrogens (tertiary/aromatic N) is 1. The molecule has 1 aromatic rings. The molecule has 0 aliphatic carbocycles. The highest BCUT2D eigenvalue weighted by Crippen LogP contribution is 2.00. The van der Waals surface area contributed by atoms with Crippen molar-refractivity contribution in [2.45, 2.75) is 19.9 Å². The second-order valence-corrected chi connectivity index (χ2v) is 2.76. The Hall–Kier alpha value is -1.36. The fraction of sp³-hybridized carbons (Fsp3) is 0.500. The molecule has 1 heterocycles. The number of primary amides is 1. The van der Waals surface area contributed by atoms with Gasteiger partial charge >= 0.3 is 0 Å². The van der Waals surface area contributed by atoms with E-state index in [0.717, 1.165) is 5.76 Å². The zero-order valence-electron chi connectivity index (χ0n) is 7.54. The molecule has 1 aromatic heterocycles. The van der Waals surface area contributed by atoms with E-state index in [1.165, 1.54) is 0 Å². The number of rotatable bonds is 5. The summed E-state index contributed by atoms with van der Waals surface area (Å²) in [6, 6.07) is 0. The minimum absolute atomic E-state index is 0.309. The molecule has 5 nitrogen and oxygen atoms in total. The molecule has 0 aliphatic rings. The lowest BCUT2D eigenvalue weighted by Crippen LogP contribution is -2.21. The van der Waals surface area contributed by atoms with Gasteiger partial charge in [-0.25, -0.2) is 4.98 Å². The highest BCUT2D eigenvalue weighted by molar-refractivity contribution is 5.73. The zero-order valence-corrected chi connectivity index (χ0v) is 7.54. The molecule has 0 fully saturated rings. The first-order valence-corrected chi connectivity index (χ1v) is 4.09. The van der Waals surface area contributed by atoms with Gasteiger partial charge in [-0.1, -0.05) is 0 Å². The van der Waals surface area contributed by atoms with Crippen LogP contribution < -0.4 is 11.1 Å². The Kier molecular flexibility index (Phi) is 3.45. The molecule has 1 rings (SSSR count). The van der Waals surface area contributed by atoms with Crippen LogP contribution in [0.15, 0.2) is 10.6 Å². The number of hydrogen-bond donors (Lipinski definition) is 2. The van der Waals surface area contributed by atoms with Gasteiger partial charge in [-0.3, -0.25) is 4.79 Å². The summed E-state index contributed by atoms with van der Waals surface area (Å²) in [5.41, 5.74) is 4.96. The van der Waals surface area contributed by atoms with Gasteiger partial charge in [0.05, 0.1) is 12.7 Å². The van der Waals surface area contributed by atoms with E-state index >= 15 is 0 Å². The van der Waals surface area contributed by atoms with Crippen molar-refractivity contribution in [2.24, 2.45) is 5.73 Å². The first-order valence-electron chi connectivity index (χ1n) is 4.09. The Morgan fingerprint density at radius 1 is 1.77 bits per heavy atom. The Balaban J connectivity index is 2.16. The van der Waals surface area contributed by atoms with Crippen LogP contribution in [0.1, 0.15) is 18.1 Å². The number of nitrogens with two attached hydrogens (primary N) is 1. The molecule has 0 unspecified atom stereocenters. The molecule has 0 radical (unpaired) electrons. The van der Waals surface area contributed by atoms with Crippen LogP contribution in [0.3, 0.4) is 0 Å². The Morgan fingerprint density at radius 2 is 2.54 bits per heavy atom. The average Bonchev–Trinajstić information content (AvgIpc) is 2.45. The van der Waals surface area contributed by atoms with E-state index in [2.05, 4.69) is 10.3 Å². The topological polar surface area (TPSA) is 81.1 Å². The number of carbonyl (C=O) groups is 1. The van der Waals surface area contributed by atoms with Crippen LogP contribution in [-0.2, 0) is 11.3 Å². The van der Waals surface area contributed by atoms with E-state index < -0.39 is 0 Å². The number of aryl methyl sites for hydroxylation is 1. The minimum Gasteiger partial charge on any atom is -0.445 e. The minimum atomic E-state index is -0.309. The van der Waals surface area contributed by atoms with Crippen LogP contribution in [-0.4, -0.2) is 17.4 Å². The molecule has 0 aliphatic heterocycles. The summed E-state index contributed by atoms with van der Waals surface area (Å²) >= 11 is 0. The Morgan fingerprint density at radius 3 is 3.08 bits per heavy atom. The molecular formula is C8H13N3O2. The lowest BCUT2D eigenvalue weighted by molar-refractivity contribution is -0.117. The highest BCUT2D eigenvalue weighted by atomic mass is 16.4. The van der Waals surface area contributed by atoms with E-state index in [1.54, 1.807) is 6.20 Å². The molecule has 72 valence electrons. The molecule has 5 heteroatoms. The van der Waals surface area contributed by atoms with Crippen molar-refractivity contribution in [2.75, 3.05) is 6.54 Å². The van der Waals surface area contributed by atoms with Crippen molar-refractivity contribution in [1.29, 1.82) is 0 Å². The normalized spacial score (nSPS) is 10.2. The van der Waals surface area contributed by atoms with Crippen LogP contribution in [0.5, 0.6) is 0 Å². The summed E-state index contributed by atoms with van der Waals surface area (Å²) in [4.78, 5) is 14.3. The van der Waals surface area contributed by atoms with Gasteiger partial charge in [0.15, 0.2) is 0 Å². The molecule has 0 atom stereocenters. The van der Waals surface area contributed by atoms with Crippen LogP contribution in [0.2, 0.25) is 0 Å². The summed E-state index contributed by atoms with van der Waals surface area (Å²) in [6.07, 6.45) is 1.99. The summed E-state index contributed by atoms with van der Waals surface area (Å²) in [6.45, 7) is 2.91.